The van der Waals surface area contributed by atoms with Gasteiger partial charge in [0.15, 0.2) is 0 Å². The van der Waals surface area contributed by atoms with E-state index in [1.165, 1.54) is 12.1 Å². The van der Waals surface area contributed by atoms with Crippen LogP contribution in [0.5, 0.6) is 11.5 Å². The van der Waals surface area contributed by atoms with Gasteiger partial charge in [-0.25, -0.2) is 9.59 Å². The van der Waals surface area contributed by atoms with E-state index in [2.05, 4.69) is 20.1 Å². The number of hydrogen-bond donors (Lipinski definition) is 0. The molecule has 0 N–H and O–H groups in total. The molecule has 0 aliphatic rings. The molecule has 0 radical (unpaired) electrons. The van der Waals surface area contributed by atoms with Crippen molar-refractivity contribution in [3.8, 4) is 11.5 Å². The summed E-state index contributed by atoms with van der Waals surface area (Å²) in [6.07, 6.45) is 0.0173. The Kier molecular flexibility index (Phi) is 10.5. The summed E-state index contributed by atoms with van der Waals surface area (Å²) in [6, 6.07) is 27.5. The van der Waals surface area contributed by atoms with Crippen molar-refractivity contribution >= 4 is 17.9 Å². The number of azide groups is 2. The van der Waals surface area contributed by atoms with Gasteiger partial charge in [0, 0.05) is 9.82 Å². The Morgan fingerprint density at radius 2 is 1.14 bits per heavy atom. The normalized spacial score (nSPS) is 11.5. The number of hydrogen-bond acceptors (Lipinski definition) is 8. The zero-order valence-corrected chi connectivity index (χ0v) is 22.6. The molecular formula is C31H24N6O6. The average Bonchev–Trinajstić information content (AvgIpc) is 3.04. The molecule has 0 aliphatic carbocycles. The molecule has 0 heterocycles. The van der Waals surface area contributed by atoms with E-state index in [4.69, 9.17) is 25.3 Å². The van der Waals surface area contributed by atoms with Crippen molar-refractivity contribution in [1.82, 2.24) is 0 Å². The molecule has 0 amide bonds. The molecule has 12 nitrogen and oxygen atoms in total. The quantitative estimate of drug-likeness (QED) is 0.0579. The summed E-state index contributed by atoms with van der Waals surface area (Å²) < 4.78 is 16.1. The van der Waals surface area contributed by atoms with Crippen molar-refractivity contribution in [3.05, 3.63) is 152 Å². The Balaban J connectivity index is 1.34. The zero-order valence-electron chi connectivity index (χ0n) is 22.6. The van der Waals surface area contributed by atoms with Crippen LogP contribution in [0.25, 0.3) is 20.9 Å². The summed E-state index contributed by atoms with van der Waals surface area (Å²) in [5, 5.41) is 7.26. The molecule has 0 saturated carbocycles. The van der Waals surface area contributed by atoms with E-state index in [0.29, 0.717) is 28.0 Å². The second kappa shape index (κ2) is 15.1. The molecule has 43 heavy (non-hydrogen) atoms. The van der Waals surface area contributed by atoms with Gasteiger partial charge in [0.1, 0.15) is 24.1 Å². The molecule has 2 atom stereocenters. The fourth-order valence-corrected chi connectivity index (χ4v) is 3.90. The van der Waals surface area contributed by atoms with Gasteiger partial charge in [-0.15, -0.1) is 0 Å². The summed E-state index contributed by atoms with van der Waals surface area (Å²) in [5.74, 6) is -1.27. The fraction of sp³-hybridized carbons (Fsp3) is 0.129. The lowest BCUT2D eigenvalue weighted by Gasteiger charge is -2.16. The molecule has 0 fully saturated rings. The maximum atomic E-state index is 12.8. The number of carbonyl (C=O) groups excluding carboxylic acids is 3. The van der Waals surface area contributed by atoms with E-state index in [9.17, 15) is 14.4 Å². The lowest BCUT2D eigenvalue weighted by molar-refractivity contribution is -0.145. The van der Waals surface area contributed by atoms with Gasteiger partial charge >= 0.3 is 17.9 Å². The number of ether oxygens (including phenoxy) is 3. The van der Waals surface area contributed by atoms with Gasteiger partial charge in [0.25, 0.3) is 0 Å². The Bertz CT molecular complexity index is 1650. The summed E-state index contributed by atoms with van der Waals surface area (Å²) in [5.41, 5.74) is 20.0. The Morgan fingerprint density at radius 1 is 0.651 bits per heavy atom. The van der Waals surface area contributed by atoms with Crippen molar-refractivity contribution in [1.29, 1.82) is 0 Å². The van der Waals surface area contributed by atoms with Crippen LogP contribution in [-0.4, -0.2) is 30.6 Å². The minimum absolute atomic E-state index is 0.0173. The van der Waals surface area contributed by atoms with Crippen LogP contribution in [0.1, 0.15) is 37.9 Å². The summed E-state index contributed by atoms with van der Waals surface area (Å²) >= 11 is 0. The molecule has 0 aromatic heterocycles. The Labute approximate surface area is 245 Å². The van der Waals surface area contributed by atoms with Gasteiger partial charge in [-0.05, 0) is 77.1 Å². The van der Waals surface area contributed by atoms with Crippen molar-refractivity contribution in [2.24, 2.45) is 10.2 Å². The fourth-order valence-electron chi connectivity index (χ4n) is 3.90. The zero-order chi connectivity index (χ0) is 30.4. The maximum absolute atomic E-state index is 12.8. The third-order valence-corrected chi connectivity index (χ3v) is 6.09. The van der Waals surface area contributed by atoms with Crippen LogP contribution >= 0.6 is 0 Å². The van der Waals surface area contributed by atoms with Gasteiger partial charge < -0.3 is 14.2 Å². The van der Waals surface area contributed by atoms with Crippen LogP contribution in [-0.2, 0) is 16.0 Å². The SMILES string of the molecule is [N-]=[N+]=NC(Cc1ccc(OC(=O)c2ccccc2)cc1)C(=O)OCC(N=[N+]=[N-])c1ccc(OC(=O)c2ccccc2)cc1. The van der Waals surface area contributed by atoms with Gasteiger partial charge in [-0.2, -0.15) is 0 Å². The number of carbonyl (C=O) groups is 3. The van der Waals surface area contributed by atoms with Gasteiger partial charge in [-0.1, -0.05) is 70.9 Å². The largest absolute Gasteiger partial charge is 0.465 e. The van der Waals surface area contributed by atoms with E-state index in [0.717, 1.165) is 0 Å². The standard InChI is InChI=1S/C31H24N6O6/c32-36-34-27(19-21-11-15-25(16-12-21)42-29(38)23-7-3-1-4-8-23)31(40)41-20-28(35-37-33)22-13-17-26(18-14-22)43-30(39)24-9-5-2-6-10-24/h1-18,27-28H,19-20H2. The Hall–Kier alpha value is -6.09. The molecule has 4 rings (SSSR count). The van der Waals surface area contributed by atoms with Crippen LogP contribution in [0.15, 0.2) is 119 Å². The van der Waals surface area contributed by atoms with Gasteiger partial charge in [0.05, 0.1) is 17.2 Å². The smallest absolute Gasteiger partial charge is 0.343 e. The first kappa shape index (κ1) is 29.9. The van der Waals surface area contributed by atoms with Crippen LogP contribution in [0.2, 0.25) is 0 Å². The predicted octanol–water partition coefficient (Wildman–Crippen LogP) is 6.94. The van der Waals surface area contributed by atoms with Gasteiger partial charge in [0.2, 0.25) is 0 Å². The summed E-state index contributed by atoms with van der Waals surface area (Å²) in [4.78, 5) is 42.9. The van der Waals surface area contributed by atoms with Crippen molar-refractivity contribution < 1.29 is 28.6 Å². The first-order valence-corrected chi connectivity index (χ1v) is 12.9. The summed E-state index contributed by atoms with van der Waals surface area (Å²) in [6.45, 7) is -0.322. The third kappa shape index (κ3) is 8.70. The lowest BCUT2D eigenvalue weighted by atomic mass is 10.1. The van der Waals surface area contributed by atoms with E-state index < -0.39 is 30.0 Å². The maximum Gasteiger partial charge on any atom is 0.343 e. The average molecular weight is 577 g/mol. The number of nitrogens with zero attached hydrogens (tertiary/aromatic N) is 6. The van der Waals surface area contributed by atoms with E-state index in [1.807, 2.05) is 0 Å². The lowest BCUT2D eigenvalue weighted by Crippen LogP contribution is -2.25. The number of esters is 3. The minimum atomic E-state index is -1.20. The third-order valence-electron chi connectivity index (χ3n) is 6.09. The van der Waals surface area contributed by atoms with Crippen LogP contribution in [0.3, 0.4) is 0 Å². The van der Waals surface area contributed by atoms with Gasteiger partial charge in [-0.3, -0.25) is 4.79 Å². The molecule has 2 unspecified atom stereocenters. The van der Waals surface area contributed by atoms with Crippen LogP contribution in [0, 0.1) is 0 Å². The topological polar surface area (TPSA) is 176 Å². The molecule has 0 saturated heterocycles. The van der Waals surface area contributed by atoms with Crippen molar-refractivity contribution in [2.75, 3.05) is 6.61 Å². The molecule has 0 aliphatic heterocycles. The second-order valence-electron chi connectivity index (χ2n) is 9.00. The molecule has 0 bridgehead atoms. The van der Waals surface area contributed by atoms with Crippen LogP contribution in [0.4, 0.5) is 0 Å². The number of benzene rings is 4. The first-order valence-electron chi connectivity index (χ1n) is 12.9. The van der Waals surface area contributed by atoms with Crippen molar-refractivity contribution in [2.45, 2.75) is 18.5 Å². The molecule has 4 aromatic carbocycles. The van der Waals surface area contributed by atoms with Crippen molar-refractivity contribution in [3.63, 3.8) is 0 Å². The molecule has 0 spiro atoms. The monoisotopic (exact) mass is 576 g/mol. The van der Waals surface area contributed by atoms with E-state index in [1.54, 1.807) is 97.1 Å². The second-order valence-corrected chi connectivity index (χ2v) is 9.00. The predicted molar refractivity (Wildman–Crippen MR) is 155 cm³/mol. The highest BCUT2D eigenvalue weighted by Crippen LogP contribution is 2.23. The van der Waals surface area contributed by atoms with E-state index >= 15 is 0 Å². The molecule has 214 valence electrons. The first-order chi connectivity index (χ1) is 21.0. The highest BCUT2D eigenvalue weighted by molar-refractivity contribution is 5.91. The highest BCUT2D eigenvalue weighted by Gasteiger charge is 2.22. The molecule has 12 heteroatoms. The highest BCUT2D eigenvalue weighted by atomic mass is 16.5. The van der Waals surface area contributed by atoms with E-state index in [-0.39, 0.29) is 18.8 Å². The molecule has 4 aromatic rings. The summed E-state index contributed by atoms with van der Waals surface area (Å²) in [7, 11) is 0. The molecular weight excluding hydrogens is 552 g/mol. The number of rotatable bonds is 12. The minimum Gasteiger partial charge on any atom is -0.465 e. The Morgan fingerprint density at radius 3 is 1.63 bits per heavy atom. The van der Waals surface area contributed by atoms with Crippen LogP contribution < -0.4 is 9.47 Å².